The summed E-state index contributed by atoms with van der Waals surface area (Å²) in [6, 6.07) is 5.18. The molecule has 2 rings (SSSR count). The monoisotopic (exact) mass is 284 g/mol. The van der Waals surface area contributed by atoms with E-state index in [0.717, 1.165) is 31.6 Å². The van der Waals surface area contributed by atoms with E-state index in [1.54, 1.807) is 6.07 Å². The molecular formula is C15H22ClFN2. The molecule has 0 spiro atoms. The van der Waals surface area contributed by atoms with Gasteiger partial charge in [0.15, 0.2) is 0 Å². The molecule has 19 heavy (non-hydrogen) atoms. The van der Waals surface area contributed by atoms with E-state index in [2.05, 4.69) is 31.0 Å². The number of hydrogen-bond acceptors (Lipinski definition) is 2. The van der Waals surface area contributed by atoms with Gasteiger partial charge >= 0.3 is 0 Å². The van der Waals surface area contributed by atoms with Crippen LogP contribution >= 0.6 is 11.6 Å². The lowest BCUT2D eigenvalue weighted by atomic mass is 9.92. The van der Waals surface area contributed by atoms with Crippen molar-refractivity contribution in [1.29, 1.82) is 0 Å². The van der Waals surface area contributed by atoms with Gasteiger partial charge in [0.05, 0.1) is 0 Å². The lowest BCUT2D eigenvalue weighted by molar-refractivity contribution is 0.276. The number of anilines is 1. The average molecular weight is 285 g/mol. The van der Waals surface area contributed by atoms with Gasteiger partial charge in [-0.1, -0.05) is 25.4 Å². The molecule has 0 amide bonds. The molecule has 1 aromatic rings. The summed E-state index contributed by atoms with van der Waals surface area (Å²) >= 11 is 5.98. The Morgan fingerprint density at radius 1 is 1.42 bits per heavy atom. The minimum absolute atomic E-state index is 0.0739. The van der Waals surface area contributed by atoms with Crippen molar-refractivity contribution in [2.75, 3.05) is 18.0 Å². The van der Waals surface area contributed by atoms with Crippen molar-refractivity contribution in [2.45, 2.75) is 45.2 Å². The Morgan fingerprint density at radius 2 is 2.16 bits per heavy atom. The first kappa shape index (κ1) is 14.6. The van der Waals surface area contributed by atoms with Crippen LogP contribution in [0.4, 0.5) is 10.1 Å². The number of halogens is 2. The third kappa shape index (κ3) is 3.21. The van der Waals surface area contributed by atoms with Crippen LogP contribution in [0.25, 0.3) is 0 Å². The van der Waals surface area contributed by atoms with E-state index in [1.165, 1.54) is 6.07 Å². The van der Waals surface area contributed by atoms with Gasteiger partial charge in [0, 0.05) is 35.4 Å². The molecule has 1 N–H and O–H groups in total. The smallest absolute Gasteiger partial charge is 0.126 e. The maximum absolute atomic E-state index is 13.6. The summed E-state index contributed by atoms with van der Waals surface area (Å²) in [5.41, 5.74) is 0.961. The zero-order valence-electron chi connectivity index (χ0n) is 11.8. The fourth-order valence-electron chi connectivity index (χ4n) is 2.64. The van der Waals surface area contributed by atoms with Crippen molar-refractivity contribution in [3.63, 3.8) is 0 Å². The topological polar surface area (TPSA) is 15.3 Å². The molecule has 106 valence electrons. The zero-order valence-corrected chi connectivity index (χ0v) is 12.6. The Labute approximate surface area is 119 Å². The van der Waals surface area contributed by atoms with Gasteiger partial charge in [-0.25, -0.2) is 4.39 Å². The molecule has 2 unspecified atom stereocenters. The summed E-state index contributed by atoms with van der Waals surface area (Å²) in [6.07, 6.45) is 2.07. The van der Waals surface area contributed by atoms with Crippen LogP contribution < -0.4 is 10.2 Å². The van der Waals surface area contributed by atoms with Crippen molar-refractivity contribution in [3.05, 3.63) is 29.0 Å². The predicted octanol–water partition coefficient (Wildman–Crippen LogP) is 3.84. The highest BCUT2D eigenvalue weighted by molar-refractivity contribution is 6.30. The van der Waals surface area contributed by atoms with Crippen LogP contribution in [0.5, 0.6) is 0 Å². The van der Waals surface area contributed by atoms with Gasteiger partial charge < -0.3 is 10.2 Å². The molecule has 2 nitrogen and oxygen atoms in total. The molecule has 4 heteroatoms. The summed E-state index contributed by atoms with van der Waals surface area (Å²) in [5.74, 6) is -0.269. The Morgan fingerprint density at radius 3 is 2.74 bits per heavy atom. The molecule has 1 heterocycles. The van der Waals surface area contributed by atoms with Crippen LogP contribution in [0.1, 0.15) is 33.6 Å². The van der Waals surface area contributed by atoms with Gasteiger partial charge in [0.2, 0.25) is 0 Å². The highest BCUT2D eigenvalue weighted by atomic mass is 35.5. The molecule has 0 aromatic heterocycles. The SMILES string of the molecule is CCC1CNC(C)(CC)CN1c1cc(F)cc(Cl)c1. The summed E-state index contributed by atoms with van der Waals surface area (Å²) in [6.45, 7) is 8.36. The van der Waals surface area contributed by atoms with Gasteiger partial charge in [-0.15, -0.1) is 0 Å². The molecule has 0 bridgehead atoms. The quantitative estimate of drug-likeness (QED) is 0.907. The minimum atomic E-state index is -0.269. The summed E-state index contributed by atoms with van der Waals surface area (Å²) < 4.78 is 13.6. The Balaban J connectivity index is 2.32. The van der Waals surface area contributed by atoms with Crippen molar-refractivity contribution >= 4 is 17.3 Å². The van der Waals surface area contributed by atoms with Crippen LogP contribution in [0.2, 0.25) is 5.02 Å². The third-order valence-corrected chi connectivity index (χ3v) is 4.37. The molecule has 1 saturated heterocycles. The molecule has 0 radical (unpaired) electrons. The van der Waals surface area contributed by atoms with E-state index in [-0.39, 0.29) is 11.4 Å². The van der Waals surface area contributed by atoms with Crippen molar-refractivity contribution in [2.24, 2.45) is 0 Å². The highest BCUT2D eigenvalue weighted by Crippen LogP contribution is 2.29. The lowest BCUT2D eigenvalue weighted by Gasteiger charge is -2.47. The fraction of sp³-hybridized carbons (Fsp3) is 0.600. The van der Waals surface area contributed by atoms with Gasteiger partial charge in [-0.3, -0.25) is 0 Å². The first-order valence-electron chi connectivity index (χ1n) is 6.95. The normalized spacial score (nSPS) is 27.6. The van der Waals surface area contributed by atoms with E-state index in [9.17, 15) is 4.39 Å². The first-order valence-corrected chi connectivity index (χ1v) is 7.33. The molecule has 0 saturated carbocycles. The van der Waals surface area contributed by atoms with Crippen molar-refractivity contribution in [1.82, 2.24) is 5.32 Å². The standard InChI is InChI=1S/C15H22ClFN2/c1-4-13-9-18-15(3,5-2)10-19(13)14-7-11(16)6-12(17)8-14/h6-8,13,18H,4-5,9-10H2,1-3H3. The first-order chi connectivity index (χ1) is 8.97. The highest BCUT2D eigenvalue weighted by Gasteiger charge is 2.34. The van der Waals surface area contributed by atoms with Gasteiger partial charge in [-0.05, 0) is 38.0 Å². The third-order valence-electron chi connectivity index (χ3n) is 4.16. The number of piperazine rings is 1. The molecule has 1 aromatic carbocycles. The average Bonchev–Trinajstić information content (AvgIpc) is 2.37. The van der Waals surface area contributed by atoms with E-state index < -0.39 is 0 Å². The minimum Gasteiger partial charge on any atom is -0.365 e. The number of nitrogens with one attached hydrogen (secondary N) is 1. The summed E-state index contributed by atoms with van der Waals surface area (Å²) in [4.78, 5) is 2.29. The molecule has 1 fully saturated rings. The molecule has 2 atom stereocenters. The van der Waals surface area contributed by atoms with Gasteiger partial charge in [-0.2, -0.15) is 0 Å². The van der Waals surface area contributed by atoms with Gasteiger partial charge in [0.1, 0.15) is 5.82 Å². The van der Waals surface area contributed by atoms with Crippen LogP contribution in [0, 0.1) is 5.82 Å². The van der Waals surface area contributed by atoms with Crippen molar-refractivity contribution < 1.29 is 4.39 Å². The zero-order chi connectivity index (χ0) is 14.0. The Bertz CT molecular complexity index is 432. The maximum Gasteiger partial charge on any atom is 0.126 e. The van der Waals surface area contributed by atoms with E-state index in [0.29, 0.717) is 11.1 Å². The second kappa shape index (κ2) is 5.68. The maximum atomic E-state index is 13.6. The molecule has 1 aliphatic rings. The van der Waals surface area contributed by atoms with Crippen LogP contribution in [-0.2, 0) is 0 Å². The van der Waals surface area contributed by atoms with Crippen LogP contribution in [-0.4, -0.2) is 24.7 Å². The van der Waals surface area contributed by atoms with Gasteiger partial charge in [0.25, 0.3) is 0 Å². The predicted molar refractivity (Wildman–Crippen MR) is 79.5 cm³/mol. The second-order valence-electron chi connectivity index (χ2n) is 5.61. The number of hydrogen-bond donors (Lipinski definition) is 1. The number of benzene rings is 1. The fourth-order valence-corrected chi connectivity index (χ4v) is 2.86. The van der Waals surface area contributed by atoms with E-state index >= 15 is 0 Å². The number of rotatable bonds is 3. The molecular weight excluding hydrogens is 263 g/mol. The Hall–Kier alpha value is -0.800. The van der Waals surface area contributed by atoms with E-state index in [4.69, 9.17) is 11.6 Å². The van der Waals surface area contributed by atoms with E-state index in [1.807, 2.05) is 6.07 Å². The second-order valence-corrected chi connectivity index (χ2v) is 6.05. The summed E-state index contributed by atoms with van der Waals surface area (Å²) in [5, 5.41) is 4.07. The summed E-state index contributed by atoms with van der Waals surface area (Å²) in [7, 11) is 0. The number of nitrogens with zero attached hydrogens (tertiary/aromatic N) is 1. The lowest BCUT2D eigenvalue weighted by Crippen LogP contribution is -2.62. The van der Waals surface area contributed by atoms with Crippen LogP contribution in [0.3, 0.4) is 0 Å². The van der Waals surface area contributed by atoms with Crippen molar-refractivity contribution in [3.8, 4) is 0 Å². The van der Waals surface area contributed by atoms with Crippen LogP contribution in [0.15, 0.2) is 18.2 Å². The molecule has 0 aliphatic carbocycles. The largest absolute Gasteiger partial charge is 0.365 e. The Kier molecular flexibility index (Phi) is 4.36. The molecule has 1 aliphatic heterocycles.